The molecule has 2 amide bonds. The van der Waals surface area contributed by atoms with Crippen LogP contribution in [0.4, 0.5) is 4.39 Å². The molecule has 0 bridgehead atoms. The molecule has 0 aliphatic carbocycles. The zero-order chi connectivity index (χ0) is 19.5. The number of thiophene rings is 1. The Balaban J connectivity index is 1.42. The van der Waals surface area contributed by atoms with Crippen LogP contribution >= 0.6 is 11.3 Å². The van der Waals surface area contributed by atoms with Gasteiger partial charge in [0.05, 0.1) is 17.1 Å². The second-order valence-corrected chi connectivity index (χ2v) is 7.68. The first-order valence-electron chi connectivity index (χ1n) is 8.94. The van der Waals surface area contributed by atoms with Crippen LogP contribution in [0.25, 0.3) is 0 Å². The van der Waals surface area contributed by atoms with Gasteiger partial charge in [0, 0.05) is 29.7 Å². The summed E-state index contributed by atoms with van der Waals surface area (Å²) in [6, 6.07) is 13.0. The van der Waals surface area contributed by atoms with Crippen molar-refractivity contribution in [1.29, 1.82) is 0 Å². The van der Waals surface area contributed by atoms with E-state index >= 15 is 0 Å². The summed E-state index contributed by atoms with van der Waals surface area (Å²) in [6.45, 7) is 1.41. The molecule has 0 saturated heterocycles. The summed E-state index contributed by atoms with van der Waals surface area (Å²) in [6.07, 6.45) is 2.40. The van der Waals surface area contributed by atoms with E-state index in [9.17, 15) is 14.0 Å². The van der Waals surface area contributed by atoms with Crippen LogP contribution in [0.5, 0.6) is 0 Å². The molecule has 142 valence electrons. The van der Waals surface area contributed by atoms with E-state index in [1.807, 2.05) is 24.3 Å². The molecule has 0 unspecified atom stereocenters. The van der Waals surface area contributed by atoms with Crippen LogP contribution in [0, 0.1) is 5.82 Å². The van der Waals surface area contributed by atoms with Crippen LogP contribution in [0.15, 0.2) is 54.7 Å². The lowest BCUT2D eigenvalue weighted by Gasteiger charge is -2.27. The number of rotatable bonds is 4. The Labute approximate surface area is 165 Å². The van der Waals surface area contributed by atoms with Crippen molar-refractivity contribution in [3.63, 3.8) is 0 Å². The van der Waals surface area contributed by atoms with Gasteiger partial charge in [-0.2, -0.15) is 0 Å². The van der Waals surface area contributed by atoms with Crippen LogP contribution in [-0.2, 0) is 19.5 Å². The van der Waals surface area contributed by atoms with Gasteiger partial charge in [0.1, 0.15) is 5.82 Å². The Morgan fingerprint density at radius 2 is 2.00 bits per heavy atom. The molecule has 0 saturated carbocycles. The average Bonchev–Trinajstić information content (AvgIpc) is 3.16. The van der Waals surface area contributed by atoms with Crippen molar-refractivity contribution in [3.05, 3.63) is 87.1 Å². The van der Waals surface area contributed by atoms with E-state index in [0.717, 1.165) is 16.1 Å². The zero-order valence-electron chi connectivity index (χ0n) is 15.0. The molecule has 0 fully saturated rings. The molecule has 3 heterocycles. The fourth-order valence-electron chi connectivity index (χ4n) is 3.15. The first kappa shape index (κ1) is 18.3. The highest BCUT2D eigenvalue weighted by Gasteiger charge is 2.25. The largest absolute Gasteiger partial charge is 0.346 e. The molecule has 1 aliphatic rings. The number of aromatic nitrogens is 1. The highest BCUT2D eigenvalue weighted by Crippen LogP contribution is 2.29. The van der Waals surface area contributed by atoms with Crippen molar-refractivity contribution in [2.24, 2.45) is 0 Å². The number of halogens is 1. The van der Waals surface area contributed by atoms with Crippen LogP contribution in [0.3, 0.4) is 0 Å². The second-order valence-electron chi connectivity index (χ2n) is 6.55. The van der Waals surface area contributed by atoms with Crippen LogP contribution in [-0.4, -0.2) is 28.2 Å². The third-order valence-electron chi connectivity index (χ3n) is 4.63. The predicted octanol–water partition coefficient (Wildman–Crippen LogP) is 3.41. The fourth-order valence-corrected chi connectivity index (χ4v) is 4.23. The normalized spacial score (nSPS) is 13.1. The molecule has 0 spiro atoms. The van der Waals surface area contributed by atoms with Gasteiger partial charge in [0.15, 0.2) is 0 Å². The Morgan fingerprint density at radius 1 is 1.18 bits per heavy atom. The third-order valence-corrected chi connectivity index (χ3v) is 5.86. The Kier molecular flexibility index (Phi) is 5.16. The molecule has 1 N–H and O–H groups in total. The smallest absolute Gasteiger partial charge is 0.261 e. The van der Waals surface area contributed by atoms with Crippen LogP contribution < -0.4 is 5.32 Å². The van der Waals surface area contributed by atoms with Crippen molar-refractivity contribution >= 4 is 23.2 Å². The van der Waals surface area contributed by atoms with Crippen molar-refractivity contribution in [1.82, 2.24) is 15.2 Å². The topological polar surface area (TPSA) is 62.3 Å². The molecule has 2 aromatic heterocycles. The highest BCUT2D eigenvalue weighted by atomic mass is 32.1. The van der Waals surface area contributed by atoms with Crippen molar-refractivity contribution in [2.45, 2.75) is 19.5 Å². The summed E-state index contributed by atoms with van der Waals surface area (Å²) < 4.78 is 13.1. The van der Waals surface area contributed by atoms with Crippen molar-refractivity contribution in [2.75, 3.05) is 6.54 Å². The minimum Gasteiger partial charge on any atom is -0.346 e. The standard InChI is InChI=1S/C21H18FN3O2S/c22-16-6-4-14(5-7-16)21(27)25-10-8-18-15(13-25)11-19(28-18)20(26)24-12-17-3-1-2-9-23-17/h1-7,9,11H,8,10,12-13H2,(H,24,26). The summed E-state index contributed by atoms with van der Waals surface area (Å²) in [5.41, 5.74) is 2.26. The van der Waals surface area contributed by atoms with Gasteiger partial charge in [0.2, 0.25) is 0 Å². The number of amides is 2. The predicted molar refractivity (Wildman–Crippen MR) is 105 cm³/mol. The van der Waals surface area contributed by atoms with Gasteiger partial charge in [0.25, 0.3) is 11.8 Å². The summed E-state index contributed by atoms with van der Waals surface area (Å²) in [5, 5.41) is 2.88. The second kappa shape index (κ2) is 7.90. The van der Waals surface area contributed by atoms with Crippen molar-refractivity contribution in [3.8, 4) is 0 Å². The Morgan fingerprint density at radius 3 is 2.75 bits per heavy atom. The SMILES string of the molecule is O=C(NCc1ccccn1)c1cc2c(s1)CCN(C(=O)c1ccc(F)cc1)C2. The molecule has 3 aromatic rings. The molecular formula is C21H18FN3O2S. The summed E-state index contributed by atoms with van der Waals surface area (Å²) >= 11 is 1.47. The number of fused-ring (bicyclic) bond motifs is 1. The van der Waals surface area contributed by atoms with Gasteiger partial charge in [-0.1, -0.05) is 6.07 Å². The maximum Gasteiger partial charge on any atom is 0.261 e. The summed E-state index contributed by atoms with van der Waals surface area (Å²) in [4.78, 5) is 32.8. The number of pyridine rings is 1. The van der Waals surface area contributed by atoms with E-state index < -0.39 is 0 Å². The molecule has 0 atom stereocenters. The average molecular weight is 395 g/mol. The molecular weight excluding hydrogens is 377 g/mol. The third kappa shape index (κ3) is 3.94. The van der Waals surface area contributed by atoms with Crippen molar-refractivity contribution < 1.29 is 14.0 Å². The van der Waals surface area contributed by atoms with E-state index in [0.29, 0.717) is 36.5 Å². The van der Waals surface area contributed by atoms with E-state index in [1.165, 1.54) is 35.6 Å². The van der Waals surface area contributed by atoms with Gasteiger partial charge >= 0.3 is 0 Å². The zero-order valence-corrected chi connectivity index (χ0v) is 15.8. The van der Waals surface area contributed by atoms with Crippen LogP contribution in [0.2, 0.25) is 0 Å². The van der Waals surface area contributed by atoms with Gasteiger partial charge in [-0.05, 0) is 54.4 Å². The molecule has 1 aromatic carbocycles. The van der Waals surface area contributed by atoms with Gasteiger partial charge in [-0.15, -0.1) is 11.3 Å². The molecule has 28 heavy (non-hydrogen) atoms. The van der Waals surface area contributed by atoms with Gasteiger partial charge in [-0.3, -0.25) is 14.6 Å². The molecule has 1 aliphatic heterocycles. The minimum absolute atomic E-state index is 0.127. The summed E-state index contributed by atoms with van der Waals surface area (Å²) in [5.74, 6) is -0.629. The Bertz CT molecular complexity index is 1000. The lowest BCUT2D eigenvalue weighted by Crippen LogP contribution is -2.35. The monoisotopic (exact) mass is 395 g/mol. The number of hydrogen-bond donors (Lipinski definition) is 1. The van der Waals surface area contributed by atoms with E-state index in [1.54, 1.807) is 11.1 Å². The number of nitrogens with zero attached hydrogens (tertiary/aromatic N) is 2. The van der Waals surface area contributed by atoms with E-state index in [4.69, 9.17) is 0 Å². The lowest BCUT2D eigenvalue weighted by atomic mass is 10.1. The molecule has 5 nitrogen and oxygen atoms in total. The number of carbonyl (C=O) groups excluding carboxylic acids is 2. The lowest BCUT2D eigenvalue weighted by molar-refractivity contribution is 0.0735. The molecule has 7 heteroatoms. The number of benzene rings is 1. The Hall–Kier alpha value is -3.06. The van der Waals surface area contributed by atoms with Gasteiger partial charge < -0.3 is 10.2 Å². The summed E-state index contributed by atoms with van der Waals surface area (Å²) in [7, 11) is 0. The maximum atomic E-state index is 13.1. The number of nitrogens with one attached hydrogen (secondary N) is 1. The number of carbonyl (C=O) groups is 2. The first-order valence-corrected chi connectivity index (χ1v) is 9.76. The quantitative estimate of drug-likeness (QED) is 0.736. The van der Waals surface area contributed by atoms with Crippen LogP contribution in [0.1, 0.15) is 36.2 Å². The van der Waals surface area contributed by atoms with Gasteiger partial charge in [-0.25, -0.2) is 4.39 Å². The van der Waals surface area contributed by atoms with E-state index in [2.05, 4.69) is 10.3 Å². The fraction of sp³-hybridized carbons (Fsp3) is 0.190. The minimum atomic E-state index is -0.364. The number of hydrogen-bond acceptors (Lipinski definition) is 4. The molecule has 0 radical (unpaired) electrons. The first-order chi connectivity index (χ1) is 13.6. The maximum absolute atomic E-state index is 13.1. The van der Waals surface area contributed by atoms with E-state index in [-0.39, 0.29) is 17.6 Å². The highest BCUT2D eigenvalue weighted by molar-refractivity contribution is 7.14. The molecule has 4 rings (SSSR count).